The summed E-state index contributed by atoms with van der Waals surface area (Å²) < 4.78 is 5.68. The van der Waals surface area contributed by atoms with E-state index in [-0.39, 0.29) is 18.7 Å². The van der Waals surface area contributed by atoms with Gasteiger partial charge < -0.3 is 10.1 Å². The van der Waals surface area contributed by atoms with Crippen LogP contribution in [-0.4, -0.2) is 27.4 Å². The molecule has 104 valence electrons. The van der Waals surface area contributed by atoms with Gasteiger partial charge in [-0.2, -0.15) is 0 Å². The molecule has 0 aliphatic carbocycles. The van der Waals surface area contributed by atoms with Gasteiger partial charge in [0.2, 0.25) is 5.91 Å². The molecule has 0 fully saturated rings. The van der Waals surface area contributed by atoms with Crippen molar-refractivity contribution in [1.29, 1.82) is 0 Å². The van der Waals surface area contributed by atoms with E-state index in [1.807, 2.05) is 0 Å². The Labute approximate surface area is 120 Å². The van der Waals surface area contributed by atoms with Crippen LogP contribution < -0.4 is 5.32 Å². The maximum absolute atomic E-state index is 11.6. The van der Waals surface area contributed by atoms with E-state index < -0.39 is 11.6 Å². The minimum Gasteiger partial charge on any atom is -0.460 e. The van der Waals surface area contributed by atoms with E-state index in [0.29, 0.717) is 10.4 Å². The van der Waals surface area contributed by atoms with Crippen LogP contribution in [0.1, 0.15) is 33.6 Å². The highest BCUT2D eigenvalue weighted by Crippen LogP contribution is 2.10. The van der Waals surface area contributed by atoms with E-state index in [0.717, 1.165) is 0 Å². The number of aromatic nitrogens is 2. The van der Waals surface area contributed by atoms with Gasteiger partial charge in [0.1, 0.15) is 10.2 Å². The molecule has 1 amide bonds. The van der Waals surface area contributed by atoms with Gasteiger partial charge in [0, 0.05) is 6.42 Å². The van der Waals surface area contributed by atoms with Gasteiger partial charge in [-0.1, -0.05) is 0 Å². The molecule has 7 heteroatoms. The van der Waals surface area contributed by atoms with E-state index in [4.69, 9.17) is 4.74 Å². The Morgan fingerprint density at radius 2 is 1.95 bits per heavy atom. The van der Waals surface area contributed by atoms with Crippen molar-refractivity contribution in [2.24, 2.45) is 0 Å². The lowest BCUT2D eigenvalue weighted by atomic mass is 10.2. The maximum atomic E-state index is 11.6. The number of carbonyl (C=O) groups excluding carboxylic acids is 2. The number of halogens is 1. The van der Waals surface area contributed by atoms with Gasteiger partial charge in [0.15, 0.2) is 5.82 Å². The van der Waals surface area contributed by atoms with Crippen LogP contribution in [-0.2, 0) is 14.3 Å². The van der Waals surface area contributed by atoms with Gasteiger partial charge in [-0.05, 0) is 36.7 Å². The zero-order chi connectivity index (χ0) is 14.5. The van der Waals surface area contributed by atoms with Crippen molar-refractivity contribution in [3.05, 3.63) is 17.0 Å². The molecule has 6 nitrogen and oxygen atoms in total. The Morgan fingerprint density at radius 1 is 1.26 bits per heavy atom. The number of nitrogens with one attached hydrogen (secondary N) is 1. The quantitative estimate of drug-likeness (QED) is 0.857. The van der Waals surface area contributed by atoms with Crippen LogP contribution in [0, 0.1) is 0 Å². The van der Waals surface area contributed by atoms with Gasteiger partial charge in [0.05, 0.1) is 18.8 Å². The molecule has 0 saturated carbocycles. The number of amides is 1. The minimum absolute atomic E-state index is 0.0348. The fourth-order valence-electron chi connectivity index (χ4n) is 1.19. The summed E-state index contributed by atoms with van der Waals surface area (Å²) in [5, 5.41) is 2.55. The van der Waals surface area contributed by atoms with E-state index in [2.05, 4.69) is 31.2 Å². The Kier molecular flexibility index (Phi) is 5.41. The third kappa shape index (κ3) is 6.85. The Hall–Kier alpha value is -1.50. The molecule has 1 aromatic rings. The summed E-state index contributed by atoms with van der Waals surface area (Å²) in [6.45, 7) is 5.34. The lowest BCUT2D eigenvalue weighted by Gasteiger charge is -2.19. The number of esters is 1. The van der Waals surface area contributed by atoms with Gasteiger partial charge in [-0.3, -0.25) is 9.59 Å². The van der Waals surface area contributed by atoms with E-state index in [1.54, 1.807) is 20.8 Å². The number of ether oxygens (including phenoxy) is 1. The highest BCUT2D eigenvalue weighted by atomic mass is 79.9. The summed E-state index contributed by atoms with van der Waals surface area (Å²) in [6, 6.07) is 0. The van der Waals surface area contributed by atoms with Crippen LogP contribution in [0.5, 0.6) is 0 Å². The van der Waals surface area contributed by atoms with Crippen LogP contribution in [0.4, 0.5) is 5.82 Å². The third-order valence-electron chi connectivity index (χ3n) is 1.86. The molecule has 0 aliphatic rings. The summed E-state index contributed by atoms with van der Waals surface area (Å²) in [4.78, 5) is 30.9. The highest BCUT2D eigenvalue weighted by molar-refractivity contribution is 9.10. The van der Waals surface area contributed by atoms with Crippen LogP contribution in [0.3, 0.4) is 0 Å². The predicted molar refractivity (Wildman–Crippen MR) is 73.4 cm³/mol. The molecule has 0 unspecified atom stereocenters. The van der Waals surface area contributed by atoms with Crippen molar-refractivity contribution < 1.29 is 14.3 Å². The first-order valence-electron chi connectivity index (χ1n) is 5.75. The number of anilines is 1. The Morgan fingerprint density at radius 3 is 2.47 bits per heavy atom. The van der Waals surface area contributed by atoms with Crippen LogP contribution in [0.2, 0.25) is 0 Å². The van der Waals surface area contributed by atoms with E-state index in [9.17, 15) is 9.59 Å². The van der Waals surface area contributed by atoms with E-state index >= 15 is 0 Å². The smallest absolute Gasteiger partial charge is 0.306 e. The molecule has 0 aromatic carbocycles. The van der Waals surface area contributed by atoms with Crippen molar-refractivity contribution in [3.8, 4) is 0 Å². The first kappa shape index (κ1) is 15.6. The molecule has 1 heterocycles. The highest BCUT2D eigenvalue weighted by Gasteiger charge is 2.17. The SMILES string of the molecule is CC(C)(C)OC(=O)CCC(=O)Nc1cnc(Br)cn1. The normalized spacial score (nSPS) is 10.9. The summed E-state index contributed by atoms with van der Waals surface area (Å²) in [7, 11) is 0. The molecule has 1 rings (SSSR count). The zero-order valence-corrected chi connectivity index (χ0v) is 12.7. The standard InChI is InChI=1S/C12H16BrN3O3/c1-12(2,3)19-11(18)5-4-10(17)16-9-7-14-8(13)6-15-9/h6-7H,4-5H2,1-3H3,(H,15,16,17). The maximum Gasteiger partial charge on any atom is 0.306 e. The molecule has 0 aliphatic heterocycles. The summed E-state index contributed by atoms with van der Waals surface area (Å²) in [5.41, 5.74) is -0.537. The predicted octanol–water partition coefficient (Wildman–Crippen LogP) is 2.30. The molecular weight excluding hydrogens is 314 g/mol. The number of nitrogens with zero attached hydrogens (tertiary/aromatic N) is 2. The second kappa shape index (κ2) is 6.60. The van der Waals surface area contributed by atoms with Gasteiger partial charge >= 0.3 is 5.97 Å². The van der Waals surface area contributed by atoms with Crippen LogP contribution in [0.25, 0.3) is 0 Å². The zero-order valence-electron chi connectivity index (χ0n) is 11.1. The van der Waals surface area contributed by atoms with Gasteiger partial charge in [-0.15, -0.1) is 0 Å². The topological polar surface area (TPSA) is 81.2 Å². The van der Waals surface area contributed by atoms with Gasteiger partial charge in [-0.25, -0.2) is 9.97 Å². The Balaban J connectivity index is 2.36. The first-order chi connectivity index (χ1) is 8.76. The third-order valence-corrected chi connectivity index (χ3v) is 2.27. The van der Waals surface area contributed by atoms with Crippen LogP contribution in [0.15, 0.2) is 17.0 Å². The second-order valence-electron chi connectivity index (χ2n) is 4.86. The molecule has 0 saturated heterocycles. The monoisotopic (exact) mass is 329 g/mol. The molecule has 0 bridgehead atoms. The van der Waals surface area contributed by atoms with Crippen molar-refractivity contribution in [2.75, 3.05) is 5.32 Å². The second-order valence-corrected chi connectivity index (χ2v) is 5.67. The molecule has 1 aromatic heterocycles. The average Bonchev–Trinajstić information content (AvgIpc) is 2.27. The molecule has 0 atom stereocenters. The first-order valence-corrected chi connectivity index (χ1v) is 6.55. The summed E-state index contributed by atoms with van der Waals surface area (Å²) in [5.74, 6) is -0.357. The fraction of sp³-hybridized carbons (Fsp3) is 0.500. The minimum atomic E-state index is -0.537. The summed E-state index contributed by atoms with van der Waals surface area (Å²) >= 11 is 3.14. The largest absolute Gasteiger partial charge is 0.460 e. The number of hydrogen-bond donors (Lipinski definition) is 1. The molecule has 0 radical (unpaired) electrons. The number of carbonyl (C=O) groups is 2. The van der Waals surface area contributed by atoms with Crippen molar-refractivity contribution in [2.45, 2.75) is 39.2 Å². The molecule has 19 heavy (non-hydrogen) atoms. The van der Waals surface area contributed by atoms with Crippen molar-refractivity contribution in [1.82, 2.24) is 9.97 Å². The molecule has 1 N–H and O–H groups in total. The fourth-order valence-corrected chi connectivity index (χ4v) is 1.40. The Bertz CT molecular complexity index is 454. The van der Waals surface area contributed by atoms with E-state index in [1.165, 1.54) is 12.4 Å². The lowest BCUT2D eigenvalue weighted by molar-refractivity contribution is -0.155. The number of rotatable bonds is 4. The molecular formula is C12H16BrN3O3. The number of hydrogen-bond acceptors (Lipinski definition) is 5. The summed E-state index contributed by atoms with van der Waals surface area (Å²) in [6.07, 6.45) is 2.98. The van der Waals surface area contributed by atoms with Crippen molar-refractivity contribution >= 4 is 33.6 Å². The van der Waals surface area contributed by atoms with Crippen LogP contribution >= 0.6 is 15.9 Å². The van der Waals surface area contributed by atoms with Gasteiger partial charge in [0.25, 0.3) is 0 Å². The lowest BCUT2D eigenvalue weighted by Crippen LogP contribution is -2.24. The molecule has 0 spiro atoms. The van der Waals surface area contributed by atoms with Crippen molar-refractivity contribution in [3.63, 3.8) is 0 Å². The average molecular weight is 330 g/mol.